The number of benzene rings is 1. The van der Waals surface area contributed by atoms with Crippen LogP contribution in [0.3, 0.4) is 0 Å². The van der Waals surface area contributed by atoms with Crippen molar-refractivity contribution in [2.24, 2.45) is 0 Å². The molecule has 0 amide bonds. The number of hydrogen-bond acceptors (Lipinski definition) is 5. The summed E-state index contributed by atoms with van der Waals surface area (Å²) in [5.41, 5.74) is 0.814. The molecule has 6 nitrogen and oxygen atoms in total. The molecule has 84 valence electrons. The molecule has 0 bridgehead atoms. The number of fused-ring (bicyclic) bond motifs is 2. The van der Waals surface area contributed by atoms with Gasteiger partial charge >= 0.3 is 0 Å². The van der Waals surface area contributed by atoms with Crippen molar-refractivity contribution in [1.29, 1.82) is 0 Å². The van der Waals surface area contributed by atoms with Crippen molar-refractivity contribution < 1.29 is 14.4 Å². The number of hydrogen-bond donors (Lipinski definition) is 1. The Labute approximate surface area is 91.3 Å². The summed E-state index contributed by atoms with van der Waals surface area (Å²) in [5.74, 6) is 0.484. The van der Waals surface area contributed by atoms with Gasteiger partial charge in [0.05, 0.1) is 29.3 Å². The number of nitro benzene ring substituents is 1. The highest BCUT2D eigenvalue weighted by Crippen LogP contribution is 2.37. The summed E-state index contributed by atoms with van der Waals surface area (Å²) in [6.45, 7) is 0.651. The maximum atomic E-state index is 10.6. The molecule has 1 aromatic carbocycles. The van der Waals surface area contributed by atoms with Crippen molar-refractivity contribution in [2.45, 2.75) is 18.8 Å². The molecular formula is C10H10N2O4. The van der Waals surface area contributed by atoms with Gasteiger partial charge in [0.2, 0.25) is 6.29 Å². The quantitative estimate of drug-likeness (QED) is 0.576. The molecule has 1 saturated heterocycles. The van der Waals surface area contributed by atoms with Crippen LogP contribution in [0.5, 0.6) is 5.75 Å². The molecule has 1 fully saturated rings. The smallest absolute Gasteiger partial charge is 0.273 e. The molecule has 0 spiro atoms. The number of non-ortho nitro benzene ring substituents is 1. The second kappa shape index (κ2) is 3.34. The van der Waals surface area contributed by atoms with E-state index in [2.05, 4.69) is 5.32 Å². The van der Waals surface area contributed by atoms with Gasteiger partial charge in [0.25, 0.3) is 5.69 Å². The first kappa shape index (κ1) is 9.41. The Morgan fingerprint density at radius 1 is 1.50 bits per heavy atom. The van der Waals surface area contributed by atoms with Gasteiger partial charge in [-0.15, -0.1) is 0 Å². The normalized spacial score (nSPS) is 26.2. The molecular weight excluding hydrogens is 212 g/mol. The lowest BCUT2D eigenvalue weighted by atomic mass is 10.1. The highest BCUT2D eigenvalue weighted by Gasteiger charge is 2.35. The number of rotatable bonds is 1. The maximum Gasteiger partial charge on any atom is 0.273 e. The van der Waals surface area contributed by atoms with E-state index in [1.54, 1.807) is 6.07 Å². The van der Waals surface area contributed by atoms with Crippen molar-refractivity contribution in [3.8, 4) is 5.75 Å². The second-order valence-corrected chi connectivity index (χ2v) is 3.83. The summed E-state index contributed by atoms with van der Waals surface area (Å²) in [6, 6.07) is 4.70. The second-order valence-electron chi connectivity index (χ2n) is 3.83. The van der Waals surface area contributed by atoms with E-state index in [1.165, 1.54) is 12.1 Å². The average molecular weight is 222 g/mol. The number of nitrogens with zero attached hydrogens (tertiary/aromatic N) is 1. The fraction of sp³-hybridized carbons (Fsp3) is 0.400. The van der Waals surface area contributed by atoms with Gasteiger partial charge in [-0.2, -0.15) is 0 Å². The van der Waals surface area contributed by atoms with Crippen LogP contribution in [0.4, 0.5) is 11.4 Å². The predicted octanol–water partition coefficient (Wildman–Crippen LogP) is 1.51. The third kappa shape index (κ3) is 1.38. The van der Waals surface area contributed by atoms with Crippen molar-refractivity contribution in [1.82, 2.24) is 0 Å². The first-order valence-corrected chi connectivity index (χ1v) is 5.07. The SMILES string of the molecule is O=[N+]([O-])c1ccc2c(c1)O[C@@H]1OCC[C@@H]1N2. The van der Waals surface area contributed by atoms with E-state index in [0.29, 0.717) is 12.4 Å². The molecule has 16 heavy (non-hydrogen) atoms. The summed E-state index contributed by atoms with van der Waals surface area (Å²) in [5, 5.41) is 13.9. The van der Waals surface area contributed by atoms with Gasteiger partial charge in [-0.05, 0) is 12.5 Å². The topological polar surface area (TPSA) is 73.6 Å². The molecule has 0 radical (unpaired) electrons. The molecule has 0 saturated carbocycles. The van der Waals surface area contributed by atoms with Crippen LogP contribution >= 0.6 is 0 Å². The lowest BCUT2D eigenvalue weighted by Crippen LogP contribution is -2.37. The minimum Gasteiger partial charge on any atom is -0.460 e. The monoisotopic (exact) mass is 222 g/mol. The van der Waals surface area contributed by atoms with E-state index in [1.807, 2.05) is 0 Å². The Bertz CT molecular complexity index is 448. The largest absolute Gasteiger partial charge is 0.460 e. The fourth-order valence-electron chi connectivity index (χ4n) is 1.99. The number of ether oxygens (including phenoxy) is 2. The Kier molecular flexibility index (Phi) is 1.97. The highest BCUT2D eigenvalue weighted by molar-refractivity contribution is 5.62. The molecule has 2 atom stereocenters. The molecule has 2 heterocycles. The molecule has 1 N–H and O–H groups in total. The first-order valence-electron chi connectivity index (χ1n) is 5.07. The average Bonchev–Trinajstić information content (AvgIpc) is 2.71. The van der Waals surface area contributed by atoms with E-state index >= 15 is 0 Å². The summed E-state index contributed by atoms with van der Waals surface area (Å²) in [4.78, 5) is 10.2. The van der Waals surface area contributed by atoms with E-state index < -0.39 is 4.92 Å². The Balaban J connectivity index is 1.95. The minimum absolute atomic E-state index is 0.0250. The Morgan fingerprint density at radius 2 is 2.38 bits per heavy atom. The van der Waals surface area contributed by atoms with E-state index in [-0.39, 0.29) is 18.0 Å². The van der Waals surface area contributed by atoms with E-state index in [4.69, 9.17) is 9.47 Å². The van der Waals surface area contributed by atoms with Gasteiger partial charge in [-0.25, -0.2) is 0 Å². The van der Waals surface area contributed by atoms with Crippen molar-refractivity contribution in [3.05, 3.63) is 28.3 Å². The zero-order chi connectivity index (χ0) is 11.1. The molecule has 0 aromatic heterocycles. The fourth-order valence-corrected chi connectivity index (χ4v) is 1.99. The van der Waals surface area contributed by atoms with Crippen molar-refractivity contribution >= 4 is 11.4 Å². The predicted molar refractivity (Wildman–Crippen MR) is 55.5 cm³/mol. The highest BCUT2D eigenvalue weighted by atomic mass is 16.7. The molecule has 3 rings (SSSR count). The molecule has 0 unspecified atom stereocenters. The van der Waals surface area contributed by atoms with Crippen LogP contribution in [0.1, 0.15) is 6.42 Å². The van der Waals surface area contributed by atoms with Crippen molar-refractivity contribution in [3.63, 3.8) is 0 Å². The molecule has 2 aliphatic heterocycles. The molecule has 1 aromatic rings. The van der Waals surface area contributed by atoms with E-state index in [9.17, 15) is 10.1 Å². The summed E-state index contributed by atoms with van der Waals surface area (Å²) < 4.78 is 10.9. The van der Waals surface area contributed by atoms with Gasteiger partial charge in [0.15, 0.2) is 5.75 Å². The van der Waals surface area contributed by atoms with Crippen molar-refractivity contribution in [2.75, 3.05) is 11.9 Å². The van der Waals surface area contributed by atoms with Crippen LogP contribution in [-0.4, -0.2) is 23.9 Å². The number of anilines is 1. The van der Waals surface area contributed by atoms with Crippen LogP contribution in [0.15, 0.2) is 18.2 Å². The maximum absolute atomic E-state index is 10.6. The summed E-state index contributed by atoms with van der Waals surface area (Å²) in [7, 11) is 0. The third-order valence-electron chi connectivity index (χ3n) is 2.80. The number of nitrogens with one attached hydrogen (secondary N) is 1. The van der Waals surface area contributed by atoms with Gasteiger partial charge in [0, 0.05) is 6.07 Å². The van der Waals surface area contributed by atoms with Gasteiger partial charge in [-0.3, -0.25) is 10.1 Å². The molecule has 0 aliphatic carbocycles. The molecule has 6 heteroatoms. The summed E-state index contributed by atoms with van der Waals surface area (Å²) >= 11 is 0. The first-order chi connectivity index (χ1) is 7.74. The van der Waals surface area contributed by atoms with E-state index in [0.717, 1.165) is 12.1 Å². The Morgan fingerprint density at radius 3 is 3.19 bits per heavy atom. The third-order valence-corrected chi connectivity index (χ3v) is 2.80. The lowest BCUT2D eigenvalue weighted by Gasteiger charge is -2.28. The van der Waals surface area contributed by atoms with Gasteiger partial charge in [0.1, 0.15) is 0 Å². The minimum atomic E-state index is -0.439. The van der Waals surface area contributed by atoms with Crippen LogP contribution in [0, 0.1) is 10.1 Å². The zero-order valence-corrected chi connectivity index (χ0v) is 8.38. The number of nitro groups is 1. The summed E-state index contributed by atoms with van der Waals surface area (Å²) in [6.07, 6.45) is 0.565. The van der Waals surface area contributed by atoms with Crippen LogP contribution in [-0.2, 0) is 4.74 Å². The Hall–Kier alpha value is -1.82. The zero-order valence-electron chi connectivity index (χ0n) is 8.38. The molecule has 2 aliphatic rings. The lowest BCUT2D eigenvalue weighted by molar-refractivity contribution is -0.385. The van der Waals surface area contributed by atoms with Gasteiger partial charge in [-0.1, -0.05) is 0 Å². The van der Waals surface area contributed by atoms with Crippen LogP contribution in [0.2, 0.25) is 0 Å². The standard InChI is InChI=1S/C10H10N2O4/c13-12(14)6-1-2-7-9(5-6)16-10-8(11-7)3-4-15-10/h1-2,5,8,10-11H,3-4H2/t8-,10-/m0/s1. The van der Waals surface area contributed by atoms with Crippen LogP contribution < -0.4 is 10.1 Å². The van der Waals surface area contributed by atoms with Crippen LogP contribution in [0.25, 0.3) is 0 Å². The van der Waals surface area contributed by atoms with Gasteiger partial charge < -0.3 is 14.8 Å².